The van der Waals surface area contributed by atoms with Crippen molar-refractivity contribution < 1.29 is 13.2 Å². The van der Waals surface area contributed by atoms with E-state index in [1.807, 2.05) is 0 Å². The first-order chi connectivity index (χ1) is 8.44. The van der Waals surface area contributed by atoms with Crippen LogP contribution in [-0.4, -0.2) is 25.8 Å². The molecule has 1 N–H and O–H groups in total. The number of benzene rings is 1. The van der Waals surface area contributed by atoms with Crippen molar-refractivity contribution in [1.29, 1.82) is 0 Å². The van der Waals surface area contributed by atoms with Gasteiger partial charge in [-0.2, -0.15) is 0 Å². The molecule has 0 bridgehead atoms. The highest BCUT2D eigenvalue weighted by Gasteiger charge is 2.29. The number of anilines is 1. The molecule has 1 heterocycles. The van der Waals surface area contributed by atoms with E-state index in [-0.39, 0.29) is 29.8 Å². The Labute approximate surface area is 111 Å². The molecule has 1 amide bonds. The van der Waals surface area contributed by atoms with E-state index in [4.69, 9.17) is 11.6 Å². The van der Waals surface area contributed by atoms with Crippen molar-refractivity contribution in [1.82, 2.24) is 0 Å². The first-order valence-corrected chi connectivity index (χ1v) is 7.90. The van der Waals surface area contributed by atoms with Crippen LogP contribution < -0.4 is 5.32 Å². The van der Waals surface area contributed by atoms with Gasteiger partial charge in [0.1, 0.15) is 0 Å². The Morgan fingerprint density at radius 3 is 2.56 bits per heavy atom. The van der Waals surface area contributed by atoms with E-state index in [0.29, 0.717) is 17.1 Å². The molecule has 6 heteroatoms. The van der Waals surface area contributed by atoms with Crippen LogP contribution in [0.3, 0.4) is 0 Å². The molecule has 0 unspecified atom stereocenters. The molecule has 1 atom stereocenters. The van der Waals surface area contributed by atoms with Crippen molar-refractivity contribution in [2.24, 2.45) is 5.92 Å². The number of carbonyl (C=O) groups is 1. The molecular formula is C12H14ClNO3S. The van der Waals surface area contributed by atoms with Crippen LogP contribution in [0, 0.1) is 5.92 Å². The molecule has 4 nitrogen and oxygen atoms in total. The van der Waals surface area contributed by atoms with Crippen molar-refractivity contribution in [3.63, 3.8) is 0 Å². The summed E-state index contributed by atoms with van der Waals surface area (Å²) in [6.07, 6.45) is 0.832. The SMILES string of the molecule is O=C(C[C@H]1CCS(=O)(=O)C1)Nc1ccc(Cl)cc1. The second-order valence-electron chi connectivity index (χ2n) is 4.53. The van der Waals surface area contributed by atoms with Crippen molar-refractivity contribution in [3.05, 3.63) is 29.3 Å². The summed E-state index contributed by atoms with van der Waals surface area (Å²) >= 11 is 5.74. The van der Waals surface area contributed by atoms with Gasteiger partial charge >= 0.3 is 0 Å². The predicted molar refractivity (Wildman–Crippen MR) is 71.5 cm³/mol. The zero-order valence-electron chi connectivity index (χ0n) is 9.73. The molecule has 1 aromatic carbocycles. The third-order valence-electron chi connectivity index (χ3n) is 2.93. The molecule has 1 aliphatic rings. The van der Waals surface area contributed by atoms with Gasteiger partial charge in [-0.25, -0.2) is 8.42 Å². The normalized spacial score (nSPS) is 21.7. The van der Waals surface area contributed by atoms with Gasteiger partial charge < -0.3 is 5.32 Å². The molecule has 1 aromatic rings. The summed E-state index contributed by atoms with van der Waals surface area (Å²) in [5.41, 5.74) is 0.672. The minimum absolute atomic E-state index is 0.0534. The van der Waals surface area contributed by atoms with Crippen LogP contribution in [0.2, 0.25) is 5.02 Å². The molecular weight excluding hydrogens is 274 g/mol. The first kappa shape index (κ1) is 13.4. The largest absolute Gasteiger partial charge is 0.326 e. The number of nitrogens with one attached hydrogen (secondary N) is 1. The van der Waals surface area contributed by atoms with Crippen LogP contribution in [0.1, 0.15) is 12.8 Å². The Balaban J connectivity index is 1.88. The Hall–Kier alpha value is -1.07. The van der Waals surface area contributed by atoms with Gasteiger partial charge in [-0.05, 0) is 36.6 Å². The van der Waals surface area contributed by atoms with E-state index < -0.39 is 9.84 Å². The van der Waals surface area contributed by atoms with E-state index in [0.717, 1.165) is 0 Å². The monoisotopic (exact) mass is 287 g/mol. The summed E-state index contributed by atoms with van der Waals surface area (Å²) in [6, 6.07) is 6.81. The molecule has 0 spiro atoms. The molecule has 18 heavy (non-hydrogen) atoms. The maximum Gasteiger partial charge on any atom is 0.224 e. The lowest BCUT2D eigenvalue weighted by Gasteiger charge is -2.08. The fourth-order valence-electron chi connectivity index (χ4n) is 2.04. The van der Waals surface area contributed by atoms with Crippen LogP contribution in [0.15, 0.2) is 24.3 Å². The molecule has 0 saturated carbocycles. The number of hydrogen-bond donors (Lipinski definition) is 1. The van der Waals surface area contributed by atoms with E-state index in [1.165, 1.54) is 0 Å². The van der Waals surface area contributed by atoms with Crippen LogP contribution >= 0.6 is 11.6 Å². The minimum Gasteiger partial charge on any atom is -0.326 e. The molecule has 2 rings (SSSR count). The lowest BCUT2D eigenvalue weighted by Crippen LogP contribution is -2.17. The average Bonchev–Trinajstić information content (AvgIpc) is 2.61. The highest BCUT2D eigenvalue weighted by molar-refractivity contribution is 7.91. The molecule has 1 saturated heterocycles. The molecule has 0 aromatic heterocycles. The number of rotatable bonds is 3. The molecule has 1 fully saturated rings. The summed E-state index contributed by atoms with van der Waals surface area (Å²) in [6.45, 7) is 0. The highest BCUT2D eigenvalue weighted by Crippen LogP contribution is 2.22. The number of carbonyl (C=O) groups excluding carboxylic acids is 1. The maximum absolute atomic E-state index is 11.7. The van der Waals surface area contributed by atoms with E-state index >= 15 is 0 Å². The number of hydrogen-bond acceptors (Lipinski definition) is 3. The Morgan fingerprint density at radius 1 is 1.33 bits per heavy atom. The lowest BCUT2D eigenvalue weighted by molar-refractivity contribution is -0.116. The van der Waals surface area contributed by atoms with Crippen molar-refractivity contribution in [3.8, 4) is 0 Å². The summed E-state index contributed by atoms with van der Waals surface area (Å²) in [4.78, 5) is 11.7. The zero-order chi connectivity index (χ0) is 13.2. The summed E-state index contributed by atoms with van der Waals surface area (Å²) in [5.74, 6) is 0.120. The van der Waals surface area contributed by atoms with Crippen molar-refractivity contribution in [2.45, 2.75) is 12.8 Å². The first-order valence-electron chi connectivity index (χ1n) is 5.70. The van der Waals surface area contributed by atoms with Gasteiger partial charge in [-0.1, -0.05) is 11.6 Å². The quantitative estimate of drug-likeness (QED) is 0.926. The number of sulfone groups is 1. The zero-order valence-corrected chi connectivity index (χ0v) is 11.3. The van der Waals surface area contributed by atoms with Crippen LogP contribution in [0.5, 0.6) is 0 Å². The molecule has 98 valence electrons. The second kappa shape index (κ2) is 5.28. The lowest BCUT2D eigenvalue weighted by atomic mass is 10.1. The number of halogens is 1. The van der Waals surface area contributed by atoms with Crippen molar-refractivity contribution in [2.75, 3.05) is 16.8 Å². The van der Waals surface area contributed by atoms with Crippen LogP contribution in [-0.2, 0) is 14.6 Å². The fourth-order valence-corrected chi connectivity index (χ4v) is 4.03. The fraction of sp³-hybridized carbons (Fsp3) is 0.417. The third kappa shape index (κ3) is 3.71. The van der Waals surface area contributed by atoms with Gasteiger partial charge in [0, 0.05) is 17.1 Å². The van der Waals surface area contributed by atoms with E-state index in [1.54, 1.807) is 24.3 Å². The Morgan fingerprint density at radius 2 is 2.00 bits per heavy atom. The Bertz CT molecular complexity index is 539. The smallest absolute Gasteiger partial charge is 0.224 e. The maximum atomic E-state index is 11.7. The standard InChI is InChI=1S/C12H14ClNO3S/c13-10-1-3-11(4-2-10)14-12(15)7-9-5-6-18(16,17)8-9/h1-4,9H,5-8H2,(H,14,15)/t9-/m1/s1. The van der Waals surface area contributed by atoms with Gasteiger partial charge in [0.25, 0.3) is 0 Å². The van der Waals surface area contributed by atoms with Gasteiger partial charge in [0.2, 0.25) is 5.91 Å². The molecule has 1 aliphatic heterocycles. The van der Waals surface area contributed by atoms with Crippen molar-refractivity contribution >= 4 is 33.0 Å². The topological polar surface area (TPSA) is 63.2 Å². The summed E-state index contributed by atoms with van der Waals surface area (Å²) < 4.78 is 22.5. The van der Waals surface area contributed by atoms with Crippen LogP contribution in [0.25, 0.3) is 0 Å². The third-order valence-corrected chi connectivity index (χ3v) is 5.02. The summed E-state index contributed by atoms with van der Waals surface area (Å²) in [7, 11) is -2.92. The molecule has 0 aliphatic carbocycles. The Kier molecular flexibility index (Phi) is 3.92. The predicted octanol–water partition coefficient (Wildman–Crippen LogP) is 2.10. The average molecular weight is 288 g/mol. The minimum atomic E-state index is -2.92. The van der Waals surface area contributed by atoms with Gasteiger partial charge in [-0.15, -0.1) is 0 Å². The second-order valence-corrected chi connectivity index (χ2v) is 7.19. The van der Waals surface area contributed by atoms with Gasteiger partial charge in [0.15, 0.2) is 9.84 Å². The summed E-state index contributed by atoms with van der Waals surface area (Å²) in [5, 5.41) is 3.34. The highest BCUT2D eigenvalue weighted by atomic mass is 35.5. The molecule has 0 radical (unpaired) electrons. The van der Waals surface area contributed by atoms with Gasteiger partial charge in [0.05, 0.1) is 11.5 Å². The van der Waals surface area contributed by atoms with Crippen LogP contribution in [0.4, 0.5) is 5.69 Å². The number of amides is 1. The van der Waals surface area contributed by atoms with E-state index in [2.05, 4.69) is 5.32 Å². The van der Waals surface area contributed by atoms with Gasteiger partial charge in [-0.3, -0.25) is 4.79 Å². The van der Waals surface area contributed by atoms with E-state index in [9.17, 15) is 13.2 Å².